The molecule has 3 aromatic carbocycles. The van der Waals surface area contributed by atoms with Gasteiger partial charge >= 0.3 is 0 Å². The van der Waals surface area contributed by atoms with Crippen LogP contribution in [0.4, 0.5) is 0 Å². The number of hydrogen-bond donors (Lipinski definition) is 1. The van der Waals surface area contributed by atoms with Crippen LogP contribution in [-0.2, 0) is 0 Å². The van der Waals surface area contributed by atoms with Gasteiger partial charge in [0.1, 0.15) is 6.10 Å². The fraction of sp³-hybridized carbons (Fsp3) is 0.111. The number of rotatable bonds is 2. The molecule has 0 bridgehead atoms. The van der Waals surface area contributed by atoms with E-state index < -0.39 is 6.10 Å². The van der Waals surface area contributed by atoms with Crippen LogP contribution in [0, 0.1) is 10.5 Å². The number of hydrogen-bond acceptors (Lipinski definition) is 1. The molecule has 0 aliphatic heterocycles. The number of halogens is 1. The van der Waals surface area contributed by atoms with Gasteiger partial charge < -0.3 is 5.11 Å². The molecule has 1 unspecified atom stereocenters. The van der Waals surface area contributed by atoms with Crippen LogP contribution in [-0.4, -0.2) is 5.11 Å². The summed E-state index contributed by atoms with van der Waals surface area (Å²) in [6, 6.07) is 20.4. The second-order valence-corrected chi connectivity index (χ2v) is 6.22. The standard InChI is InChI=1S/C18H15IO/c1-12-9-10-17(16-8-3-2-7-15(12)16)18(20)13-5-4-6-14(19)11-13/h2-11,18,20H,1H3. The quantitative estimate of drug-likeness (QED) is 0.637. The van der Waals surface area contributed by atoms with E-state index in [2.05, 4.69) is 47.7 Å². The van der Waals surface area contributed by atoms with Crippen molar-refractivity contribution >= 4 is 33.4 Å². The summed E-state index contributed by atoms with van der Waals surface area (Å²) in [4.78, 5) is 0. The van der Waals surface area contributed by atoms with Crippen molar-refractivity contribution in [3.05, 3.63) is 80.9 Å². The van der Waals surface area contributed by atoms with Crippen molar-refractivity contribution in [3.63, 3.8) is 0 Å². The summed E-state index contributed by atoms with van der Waals surface area (Å²) < 4.78 is 1.13. The van der Waals surface area contributed by atoms with Gasteiger partial charge in [-0.3, -0.25) is 0 Å². The molecule has 2 heteroatoms. The molecule has 0 saturated carbocycles. The van der Waals surface area contributed by atoms with Crippen molar-refractivity contribution in [1.82, 2.24) is 0 Å². The molecule has 3 aromatic rings. The van der Waals surface area contributed by atoms with Gasteiger partial charge in [-0.15, -0.1) is 0 Å². The van der Waals surface area contributed by atoms with Crippen molar-refractivity contribution in [2.24, 2.45) is 0 Å². The van der Waals surface area contributed by atoms with E-state index in [1.54, 1.807) is 0 Å². The molecule has 1 N–H and O–H groups in total. The highest BCUT2D eigenvalue weighted by atomic mass is 127. The fourth-order valence-corrected chi connectivity index (χ4v) is 3.13. The lowest BCUT2D eigenvalue weighted by Gasteiger charge is -2.15. The first-order valence-corrected chi connectivity index (χ1v) is 7.66. The Bertz CT molecular complexity index is 764. The summed E-state index contributed by atoms with van der Waals surface area (Å²) in [6.07, 6.45) is -0.588. The van der Waals surface area contributed by atoms with Crippen LogP contribution in [0.3, 0.4) is 0 Å². The van der Waals surface area contributed by atoms with E-state index >= 15 is 0 Å². The number of aliphatic hydroxyl groups is 1. The largest absolute Gasteiger partial charge is 0.384 e. The van der Waals surface area contributed by atoms with E-state index in [9.17, 15) is 5.11 Å². The van der Waals surface area contributed by atoms with Gasteiger partial charge in [0, 0.05) is 3.57 Å². The molecule has 1 nitrogen and oxygen atoms in total. The maximum atomic E-state index is 10.7. The van der Waals surface area contributed by atoms with Crippen LogP contribution in [0.1, 0.15) is 22.8 Å². The third-order valence-corrected chi connectivity index (χ3v) is 4.31. The van der Waals surface area contributed by atoms with E-state index in [4.69, 9.17) is 0 Å². The van der Waals surface area contributed by atoms with Crippen LogP contribution in [0.5, 0.6) is 0 Å². The maximum Gasteiger partial charge on any atom is 0.105 e. The Morgan fingerprint density at radius 3 is 2.40 bits per heavy atom. The Morgan fingerprint density at radius 1 is 0.900 bits per heavy atom. The molecule has 0 fully saturated rings. The zero-order chi connectivity index (χ0) is 14.1. The van der Waals surface area contributed by atoms with Crippen LogP contribution >= 0.6 is 22.6 Å². The molecule has 0 heterocycles. The van der Waals surface area contributed by atoms with Crippen molar-refractivity contribution in [2.75, 3.05) is 0 Å². The van der Waals surface area contributed by atoms with Crippen LogP contribution in [0.25, 0.3) is 10.8 Å². The predicted molar refractivity (Wildman–Crippen MR) is 91.9 cm³/mol. The molecule has 0 aliphatic rings. The number of fused-ring (bicyclic) bond motifs is 1. The Morgan fingerprint density at radius 2 is 1.65 bits per heavy atom. The highest BCUT2D eigenvalue weighted by molar-refractivity contribution is 14.1. The molecule has 0 radical (unpaired) electrons. The molecule has 0 amide bonds. The molecule has 0 aromatic heterocycles. The summed E-state index contributed by atoms with van der Waals surface area (Å²) in [5.41, 5.74) is 3.14. The zero-order valence-corrected chi connectivity index (χ0v) is 13.3. The Hall–Kier alpha value is -1.39. The Kier molecular flexibility index (Phi) is 3.76. The van der Waals surface area contributed by atoms with Crippen molar-refractivity contribution in [2.45, 2.75) is 13.0 Å². The zero-order valence-electron chi connectivity index (χ0n) is 11.2. The molecular weight excluding hydrogens is 359 g/mol. The first kappa shape index (κ1) is 13.6. The van der Waals surface area contributed by atoms with E-state index in [0.29, 0.717) is 0 Å². The summed E-state index contributed by atoms with van der Waals surface area (Å²) in [7, 11) is 0. The van der Waals surface area contributed by atoms with E-state index in [1.165, 1.54) is 10.9 Å². The van der Waals surface area contributed by atoms with Crippen LogP contribution < -0.4 is 0 Å². The lowest BCUT2D eigenvalue weighted by Crippen LogP contribution is -2.01. The minimum absolute atomic E-state index is 0.588. The lowest BCUT2D eigenvalue weighted by molar-refractivity contribution is 0.222. The SMILES string of the molecule is Cc1ccc(C(O)c2cccc(I)c2)c2ccccc12. The lowest BCUT2D eigenvalue weighted by atomic mass is 9.94. The van der Waals surface area contributed by atoms with Crippen molar-refractivity contribution in [1.29, 1.82) is 0 Å². The van der Waals surface area contributed by atoms with Crippen molar-refractivity contribution in [3.8, 4) is 0 Å². The first-order chi connectivity index (χ1) is 9.66. The minimum atomic E-state index is -0.588. The molecule has 0 aliphatic carbocycles. The second-order valence-electron chi connectivity index (χ2n) is 4.97. The Labute approximate surface area is 132 Å². The summed E-state index contributed by atoms with van der Waals surface area (Å²) in [5.74, 6) is 0. The molecule has 20 heavy (non-hydrogen) atoms. The number of aryl methyl sites for hydroxylation is 1. The van der Waals surface area contributed by atoms with Gasteiger partial charge in [-0.2, -0.15) is 0 Å². The van der Waals surface area contributed by atoms with E-state index in [1.807, 2.05) is 42.5 Å². The summed E-state index contributed by atoms with van der Waals surface area (Å²) in [6.45, 7) is 2.10. The number of aliphatic hydroxyl groups excluding tert-OH is 1. The second kappa shape index (κ2) is 5.54. The van der Waals surface area contributed by atoms with E-state index in [0.717, 1.165) is 20.1 Å². The van der Waals surface area contributed by atoms with Gasteiger partial charge in [0.15, 0.2) is 0 Å². The predicted octanol–water partition coefficient (Wildman–Crippen LogP) is 4.83. The minimum Gasteiger partial charge on any atom is -0.384 e. The van der Waals surface area contributed by atoms with E-state index in [-0.39, 0.29) is 0 Å². The highest BCUT2D eigenvalue weighted by Gasteiger charge is 2.14. The average Bonchev–Trinajstić information content (AvgIpc) is 2.47. The Balaban J connectivity index is 2.17. The molecule has 3 rings (SSSR count). The van der Waals surface area contributed by atoms with Gasteiger partial charge in [-0.05, 0) is 69.1 Å². The summed E-state index contributed by atoms with van der Waals surface area (Å²) >= 11 is 2.27. The molecule has 0 spiro atoms. The highest BCUT2D eigenvalue weighted by Crippen LogP contribution is 2.31. The van der Waals surface area contributed by atoms with Crippen LogP contribution in [0.15, 0.2) is 60.7 Å². The normalized spacial score (nSPS) is 12.6. The number of benzene rings is 3. The monoisotopic (exact) mass is 374 g/mol. The smallest absolute Gasteiger partial charge is 0.105 e. The van der Waals surface area contributed by atoms with Gasteiger partial charge in [0.05, 0.1) is 0 Å². The molecule has 0 saturated heterocycles. The van der Waals surface area contributed by atoms with Gasteiger partial charge in [-0.25, -0.2) is 0 Å². The maximum absolute atomic E-state index is 10.7. The van der Waals surface area contributed by atoms with Crippen molar-refractivity contribution < 1.29 is 5.11 Å². The van der Waals surface area contributed by atoms with Crippen LogP contribution in [0.2, 0.25) is 0 Å². The third kappa shape index (κ3) is 2.45. The fourth-order valence-electron chi connectivity index (χ4n) is 2.57. The third-order valence-electron chi connectivity index (χ3n) is 3.63. The topological polar surface area (TPSA) is 20.2 Å². The molecule has 1 atom stereocenters. The average molecular weight is 374 g/mol. The first-order valence-electron chi connectivity index (χ1n) is 6.58. The van der Waals surface area contributed by atoms with Gasteiger partial charge in [0.25, 0.3) is 0 Å². The molecular formula is C18H15IO. The van der Waals surface area contributed by atoms with Gasteiger partial charge in [0.2, 0.25) is 0 Å². The molecule has 100 valence electrons. The van der Waals surface area contributed by atoms with Gasteiger partial charge in [-0.1, -0.05) is 48.5 Å². The summed E-state index contributed by atoms with van der Waals surface area (Å²) in [5, 5.41) is 13.0.